The van der Waals surface area contributed by atoms with Gasteiger partial charge in [0.1, 0.15) is 0 Å². The Labute approximate surface area is 84.1 Å². The second-order valence-corrected chi connectivity index (χ2v) is 3.09. The Morgan fingerprint density at radius 3 is 2.43 bits per heavy atom. The lowest BCUT2D eigenvalue weighted by Gasteiger charge is -2.05. The minimum Gasteiger partial charge on any atom is -0.297 e. The van der Waals surface area contributed by atoms with E-state index >= 15 is 0 Å². The Balaban J connectivity index is 3.38. The van der Waals surface area contributed by atoms with Gasteiger partial charge in [-0.15, -0.1) is 0 Å². The molecule has 0 aliphatic carbocycles. The summed E-state index contributed by atoms with van der Waals surface area (Å²) in [5, 5.41) is 0. The van der Waals surface area contributed by atoms with Gasteiger partial charge in [-0.2, -0.15) is 0 Å². The van der Waals surface area contributed by atoms with Crippen molar-refractivity contribution in [3.05, 3.63) is 0 Å². The molecule has 1 atom stereocenters. The number of aldehydes is 2. The number of hydrogen-bond donors (Lipinski definition) is 0. The molecule has 1 unspecified atom stereocenters. The van der Waals surface area contributed by atoms with Crippen LogP contribution >= 0.6 is 0 Å². The maximum Gasteiger partial charge on any atom is 0.160 e. The maximum absolute atomic E-state index is 9.92. The van der Waals surface area contributed by atoms with Crippen molar-refractivity contribution < 1.29 is 9.59 Å². The Hall–Kier alpha value is -1.32. The molecule has 0 saturated heterocycles. The molecule has 0 aliphatic heterocycles. The van der Waals surface area contributed by atoms with Crippen molar-refractivity contribution in [3.63, 3.8) is 0 Å². The molecule has 0 aromatic rings. The third-order valence-electron chi connectivity index (χ3n) is 1.73. The lowest BCUT2D eigenvalue weighted by Crippen LogP contribution is -2.00. The van der Waals surface area contributed by atoms with Gasteiger partial charge >= 0.3 is 0 Å². The van der Waals surface area contributed by atoms with E-state index in [2.05, 4.69) is 16.9 Å². The quantitative estimate of drug-likeness (QED) is 0.329. The highest BCUT2D eigenvalue weighted by Gasteiger charge is 1.98. The van der Waals surface area contributed by atoms with Gasteiger partial charge in [-0.05, 0) is 18.8 Å². The van der Waals surface area contributed by atoms with Gasteiger partial charge in [-0.25, -0.2) is 0 Å². The van der Waals surface area contributed by atoms with E-state index in [0.29, 0.717) is 31.6 Å². The molecular formula is C10H16N2O2. The van der Waals surface area contributed by atoms with Gasteiger partial charge in [-0.1, -0.05) is 6.92 Å². The second kappa shape index (κ2) is 9.77. The summed E-state index contributed by atoms with van der Waals surface area (Å²) in [6.45, 7) is 3.43. The van der Waals surface area contributed by atoms with E-state index in [1.807, 2.05) is 0 Å². The minimum absolute atomic E-state index is 0.456. The Kier molecular flexibility index (Phi) is 8.84. The number of hydrogen-bond acceptors (Lipinski definition) is 4. The summed E-state index contributed by atoms with van der Waals surface area (Å²) in [7, 11) is 0. The Morgan fingerprint density at radius 2 is 1.79 bits per heavy atom. The predicted octanol–water partition coefficient (Wildman–Crippen LogP) is 0.942. The van der Waals surface area contributed by atoms with Gasteiger partial charge in [-0.3, -0.25) is 19.6 Å². The molecule has 0 bridgehead atoms. The fourth-order valence-corrected chi connectivity index (χ4v) is 1.02. The van der Waals surface area contributed by atoms with Crippen LogP contribution in [0.15, 0.2) is 9.98 Å². The van der Waals surface area contributed by atoms with Crippen LogP contribution in [0.25, 0.3) is 0 Å². The number of rotatable bonds is 8. The van der Waals surface area contributed by atoms with Crippen molar-refractivity contribution in [3.8, 4) is 0 Å². The third kappa shape index (κ3) is 8.77. The lowest BCUT2D eigenvalue weighted by atomic mass is 10.1. The van der Waals surface area contributed by atoms with Gasteiger partial charge in [0.25, 0.3) is 0 Å². The predicted molar refractivity (Wildman–Crippen MR) is 57.2 cm³/mol. The van der Waals surface area contributed by atoms with Gasteiger partial charge < -0.3 is 0 Å². The average molecular weight is 196 g/mol. The molecule has 0 amide bonds. The summed E-state index contributed by atoms with van der Waals surface area (Å²) >= 11 is 0. The highest BCUT2D eigenvalue weighted by atomic mass is 16.1. The summed E-state index contributed by atoms with van der Waals surface area (Å²) < 4.78 is 0. The fraction of sp³-hybridized carbons (Fsp3) is 0.600. The zero-order chi connectivity index (χ0) is 10.6. The topological polar surface area (TPSA) is 58.9 Å². The monoisotopic (exact) mass is 196 g/mol. The molecule has 0 aromatic heterocycles. The Morgan fingerprint density at radius 1 is 1.14 bits per heavy atom. The van der Waals surface area contributed by atoms with E-state index in [1.54, 1.807) is 0 Å². The smallest absolute Gasteiger partial charge is 0.160 e. The molecule has 0 N–H and O–H groups in total. The van der Waals surface area contributed by atoms with Crippen LogP contribution in [0.5, 0.6) is 0 Å². The molecule has 4 heteroatoms. The van der Waals surface area contributed by atoms with Crippen molar-refractivity contribution in [2.45, 2.75) is 19.8 Å². The average Bonchev–Trinajstić information content (AvgIpc) is 2.18. The summed E-state index contributed by atoms with van der Waals surface area (Å²) in [6.07, 6.45) is 5.86. The van der Waals surface area contributed by atoms with Crippen LogP contribution in [0.1, 0.15) is 19.8 Å². The molecule has 78 valence electrons. The van der Waals surface area contributed by atoms with E-state index in [1.165, 1.54) is 12.4 Å². The fourth-order valence-electron chi connectivity index (χ4n) is 1.02. The standard InChI is InChI=1S/C10H16N2O2/c1-10(9-12-6-8-14)3-2-4-11-5-7-13/h5-8,10H,2-4,9H2,1H3. The molecule has 0 aliphatic rings. The van der Waals surface area contributed by atoms with Crippen molar-refractivity contribution >= 4 is 25.0 Å². The molecule has 0 spiro atoms. The largest absolute Gasteiger partial charge is 0.297 e. The summed E-state index contributed by atoms with van der Waals surface area (Å²) in [5.41, 5.74) is 0. The van der Waals surface area contributed by atoms with Gasteiger partial charge in [0.05, 0.1) is 12.4 Å². The molecule has 0 heterocycles. The summed E-state index contributed by atoms with van der Waals surface area (Å²) in [4.78, 5) is 27.6. The van der Waals surface area contributed by atoms with E-state index < -0.39 is 0 Å². The third-order valence-corrected chi connectivity index (χ3v) is 1.73. The van der Waals surface area contributed by atoms with Crippen LogP contribution in [-0.4, -0.2) is 38.1 Å². The highest BCUT2D eigenvalue weighted by molar-refractivity contribution is 6.13. The van der Waals surface area contributed by atoms with Crippen LogP contribution in [0, 0.1) is 5.92 Å². The van der Waals surface area contributed by atoms with Crippen LogP contribution < -0.4 is 0 Å². The first-order valence-corrected chi connectivity index (χ1v) is 4.68. The number of carbonyl (C=O) groups excluding carboxylic acids is 2. The molecule has 0 aromatic carbocycles. The number of carbonyl (C=O) groups is 2. The Bertz CT molecular complexity index is 212. The van der Waals surface area contributed by atoms with Crippen molar-refractivity contribution in [2.24, 2.45) is 15.9 Å². The summed E-state index contributed by atoms with van der Waals surface area (Å²) in [5.74, 6) is 0.456. The van der Waals surface area contributed by atoms with Crippen LogP contribution in [0.2, 0.25) is 0 Å². The van der Waals surface area contributed by atoms with E-state index in [-0.39, 0.29) is 0 Å². The molecule has 0 rings (SSSR count). The van der Waals surface area contributed by atoms with Crippen molar-refractivity contribution in [2.75, 3.05) is 13.1 Å². The first-order valence-electron chi connectivity index (χ1n) is 4.68. The molecule has 14 heavy (non-hydrogen) atoms. The SMILES string of the molecule is CC(CCCN=CC=O)CN=CC=O. The van der Waals surface area contributed by atoms with Gasteiger partial charge in [0, 0.05) is 13.1 Å². The first-order chi connectivity index (χ1) is 6.81. The molecular weight excluding hydrogens is 180 g/mol. The molecule has 0 fully saturated rings. The zero-order valence-corrected chi connectivity index (χ0v) is 8.43. The van der Waals surface area contributed by atoms with E-state index in [4.69, 9.17) is 0 Å². The minimum atomic E-state index is 0.456. The molecule has 0 saturated carbocycles. The van der Waals surface area contributed by atoms with Crippen LogP contribution in [-0.2, 0) is 9.59 Å². The molecule has 4 nitrogen and oxygen atoms in total. The number of nitrogens with zero attached hydrogens (tertiary/aromatic N) is 2. The first kappa shape index (κ1) is 12.7. The van der Waals surface area contributed by atoms with Gasteiger partial charge in [0.2, 0.25) is 0 Å². The lowest BCUT2D eigenvalue weighted by molar-refractivity contribution is -0.103. The normalized spacial score (nSPS) is 13.5. The second-order valence-electron chi connectivity index (χ2n) is 3.09. The van der Waals surface area contributed by atoms with Crippen LogP contribution in [0.3, 0.4) is 0 Å². The summed E-state index contributed by atoms with van der Waals surface area (Å²) in [6, 6.07) is 0. The van der Waals surface area contributed by atoms with Crippen molar-refractivity contribution in [1.29, 1.82) is 0 Å². The highest BCUT2D eigenvalue weighted by Crippen LogP contribution is 2.05. The van der Waals surface area contributed by atoms with Crippen molar-refractivity contribution in [1.82, 2.24) is 0 Å². The maximum atomic E-state index is 9.92. The van der Waals surface area contributed by atoms with Crippen LogP contribution in [0.4, 0.5) is 0 Å². The van der Waals surface area contributed by atoms with E-state index in [9.17, 15) is 9.59 Å². The van der Waals surface area contributed by atoms with E-state index in [0.717, 1.165) is 12.8 Å². The van der Waals surface area contributed by atoms with Gasteiger partial charge in [0.15, 0.2) is 12.6 Å². The zero-order valence-electron chi connectivity index (χ0n) is 8.43. The number of aliphatic imine (C=N–C) groups is 2. The molecule has 0 radical (unpaired) electrons.